The molecule has 2 amide bonds. The van der Waals surface area contributed by atoms with Gasteiger partial charge < -0.3 is 15.1 Å². The van der Waals surface area contributed by atoms with Crippen LogP contribution in [-0.2, 0) is 0 Å². The van der Waals surface area contributed by atoms with Crippen LogP contribution in [-0.4, -0.2) is 47.0 Å². The summed E-state index contributed by atoms with van der Waals surface area (Å²) in [6.45, 7) is 4.01. The van der Waals surface area contributed by atoms with Crippen LogP contribution in [0, 0.1) is 20.2 Å². The number of nitrogens with one attached hydrogen (secondary N) is 1. The van der Waals surface area contributed by atoms with Crippen LogP contribution in [0.15, 0.2) is 48.5 Å². The molecule has 2 aromatic rings. The third-order valence-corrected chi connectivity index (χ3v) is 4.91. The minimum Gasteiger partial charge on any atom is -0.368 e. The van der Waals surface area contributed by atoms with E-state index in [1.165, 1.54) is 24.3 Å². The van der Waals surface area contributed by atoms with Crippen molar-refractivity contribution in [2.45, 2.75) is 13.0 Å². The molecule has 152 valence electrons. The SMILES string of the molecule is CC(NC(=O)N1CCN(c2ccc([N+](=O)[O-])cc2)CC1)c1cccc([N+](=O)[O-])c1. The molecule has 0 aliphatic carbocycles. The number of urea groups is 1. The largest absolute Gasteiger partial charge is 0.368 e. The fourth-order valence-corrected chi connectivity index (χ4v) is 3.22. The van der Waals surface area contributed by atoms with Gasteiger partial charge in [0.05, 0.1) is 15.9 Å². The number of non-ortho nitro benzene ring substituents is 2. The van der Waals surface area contributed by atoms with Crippen LogP contribution in [0.2, 0.25) is 0 Å². The Kier molecular flexibility index (Phi) is 5.91. The standard InChI is InChI=1S/C19H21N5O5/c1-14(15-3-2-4-18(13-15)24(28)29)20-19(25)22-11-9-21(10-12-22)16-5-7-17(8-6-16)23(26)27/h2-8,13-14H,9-12H2,1H3,(H,20,25). The lowest BCUT2D eigenvalue weighted by Gasteiger charge is -2.36. The summed E-state index contributed by atoms with van der Waals surface area (Å²) in [5, 5.41) is 24.6. The Balaban J connectivity index is 1.55. The van der Waals surface area contributed by atoms with Gasteiger partial charge in [-0.05, 0) is 24.6 Å². The van der Waals surface area contributed by atoms with Gasteiger partial charge in [0.25, 0.3) is 11.4 Å². The van der Waals surface area contributed by atoms with E-state index < -0.39 is 9.85 Å². The van der Waals surface area contributed by atoms with Gasteiger partial charge in [-0.15, -0.1) is 0 Å². The van der Waals surface area contributed by atoms with Gasteiger partial charge in [0, 0.05) is 56.1 Å². The molecule has 29 heavy (non-hydrogen) atoms. The molecular formula is C19H21N5O5. The predicted octanol–water partition coefficient (Wildman–Crippen LogP) is 3.10. The highest BCUT2D eigenvalue weighted by atomic mass is 16.6. The van der Waals surface area contributed by atoms with Crippen LogP contribution >= 0.6 is 0 Å². The number of benzene rings is 2. The molecule has 2 aromatic carbocycles. The summed E-state index contributed by atoms with van der Waals surface area (Å²) in [5.41, 5.74) is 1.57. The molecular weight excluding hydrogens is 378 g/mol. The molecule has 1 saturated heterocycles. The van der Waals surface area contributed by atoms with E-state index in [-0.39, 0.29) is 23.4 Å². The Morgan fingerprint density at radius 1 is 0.966 bits per heavy atom. The first-order valence-corrected chi connectivity index (χ1v) is 9.14. The van der Waals surface area contributed by atoms with Crippen LogP contribution in [0.1, 0.15) is 18.5 Å². The Labute approximate surface area is 167 Å². The van der Waals surface area contributed by atoms with Crippen LogP contribution in [0.3, 0.4) is 0 Å². The zero-order valence-electron chi connectivity index (χ0n) is 15.9. The monoisotopic (exact) mass is 399 g/mol. The van der Waals surface area contributed by atoms with Crippen molar-refractivity contribution in [2.75, 3.05) is 31.1 Å². The molecule has 3 rings (SSSR count). The van der Waals surface area contributed by atoms with Crippen molar-refractivity contribution >= 4 is 23.1 Å². The van der Waals surface area contributed by atoms with Crippen molar-refractivity contribution < 1.29 is 14.6 Å². The summed E-state index contributed by atoms with van der Waals surface area (Å²) >= 11 is 0. The summed E-state index contributed by atoms with van der Waals surface area (Å²) < 4.78 is 0. The molecule has 1 atom stereocenters. The van der Waals surface area contributed by atoms with E-state index in [2.05, 4.69) is 10.2 Å². The summed E-state index contributed by atoms with van der Waals surface area (Å²) in [5.74, 6) is 0. The summed E-state index contributed by atoms with van der Waals surface area (Å²) in [6, 6.07) is 12.0. The van der Waals surface area contributed by atoms with Gasteiger partial charge in [0.2, 0.25) is 0 Å². The van der Waals surface area contributed by atoms with E-state index in [9.17, 15) is 25.0 Å². The number of carbonyl (C=O) groups excluding carboxylic acids is 1. The topological polar surface area (TPSA) is 122 Å². The number of rotatable bonds is 5. The summed E-state index contributed by atoms with van der Waals surface area (Å²) in [4.78, 5) is 37.1. The van der Waals surface area contributed by atoms with E-state index in [1.807, 2.05) is 0 Å². The molecule has 1 aliphatic heterocycles. The summed E-state index contributed by atoms with van der Waals surface area (Å²) in [7, 11) is 0. The molecule has 0 bridgehead atoms. The molecule has 0 radical (unpaired) electrons. The number of anilines is 1. The van der Waals surface area contributed by atoms with Crippen molar-refractivity contribution in [3.8, 4) is 0 Å². The molecule has 1 N–H and O–H groups in total. The number of piperazine rings is 1. The molecule has 0 aromatic heterocycles. The number of hydrogen-bond donors (Lipinski definition) is 1. The highest BCUT2D eigenvalue weighted by Gasteiger charge is 2.23. The second-order valence-electron chi connectivity index (χ2n) is 6.77. The Morgan fingerprint density at radius 3 is 2.17 bits per heavy atom. The van der Waals surface area contributed by atoms with Gasteiger partial charge >= 0.3 is 6.03 Å². The fourth-order valence-electron chi connectivity index (χ4n) is 3.22. The van der Waals surface area contributed by atoms with E-state index >= 15 is 0 Å². The average Bonchev–Trinajstić information content (AvgIpc) is 2.74. The number of amides is 2. The van der Waals surface area contributed by atoms with E-state index in [0.717, 1.165) is 5.69 Å². The summed E-state index contributed by atoms with van der Waals surface area (Å²) in [6.07, 6.45) is 0. The van der Waals surface area contributed by atoms with Gasteiger partial charge in [-0.3, -0.25) is 20.2 Å². The van der Waals surface area contributed by atoms with Gasteiger partial charge in [-0.2, -0.15) is 0 Å². The number of nitro groups is 2. The fraction of sp³-hybridized carbons (Fsp3) is 0.316. The lowest BCUT2D eigenvalue weighted by molar-refractivity contribution is -0.385. The van der Waals surface area contributed by atoms with Gasteiger partial charge in [-0.25, -0.2) is 4.79 Å². The molecule has 1 fully saturated rings. The quantitative estimate of drug-likeness (QED) is 0.609. The van der Waals surface area contributed by atoms with Gasteiger partial charge in [0.1, 0.15) is 0 Å². The lowest BCUT2D eigenvalue weighted by Crippen LogP contribution is -2.52. The second kappa shape index (κ2) is 8.55. The van der Waals surface area contributed by atoms with Crippen molar-refractivity contribution in [3.05, 3.63) is 74.3 Å². The molecule has 1 aliphatic rings. The smallest absolute Gasteiger partial charge is 0.317 e. The average molecular weight is 399 g/mol. The Bertz CT molecular complexity index is 909. The van der Waals surface area contributed by atoms with E-state index in [1.54, 1.807) is 36.1 Å². The van der Waals surface area contributed by atoms with Crippen LogP contribution in [0.4, 0.5) is 21.9 Å². The minimum absolute atomic E-state index is 0.0136. The maximum absolute atomic E-state index is 12.6. The third-order valence-electron chi connectivity index (χ3n) is 4.91. The van der Waals surface area contributed by atoms with Crippen molar-refractivity contribution in [3.63, 3.8) is 0 Å². The normalized spacial score (nSPS) is 14.9. The van der Waals surface area contributed by atoms with Crippen LogP contribution in [0.5, 0.6) is 0 Å². The first-order chi connectivity index (χ1) is 13.8. The van der Waals surface area contributed by atoms with Crippen molar-refractivity contribution in [1.82, 2.24) is 10.2 Å². The molecule has 0 saturated carbocycles. The van der Waals surface area contributed by atoms with Crippen LogP contribution in [0.25, 0.3) is 0 Å². The lowest BCUT2D eigenvalue weighted by atomic mass is 10.1. The van der Waals surface area contributed by atoms with Crippen molar-refractivity contribution in [1.29, 1.82) is 0 Å². The van der Waals surface area contributed by atoms with E-state index in [4.69, 9.17) is 0 Å². The number of nitrogens with zero attached hydrogens (tertiary/aromatic N) is 4. The van der Waals surface area contributed by atoms with Crippen LogP contribution < -0.4 is 10.2 Å². The molecule has 1 heterocycles. The second-order valence-corrected chi connectivity index (χ2v) is 6.77. The van der Waals surface area contributed by atoms with Gasteiger partial charge in [-0.1, -0.05) is 12.1 Å². The molecule has 1 unspecified atom stereocenters. The highest BCUT2D eigenvalue weighted by molar-refractivity contribution is 5.75. The highest BCUT2D eigenvalue weighted by Crippen LogP contribution is 2.22. The Hall–Kier alpha value is -3.69. The van der Waals surface area contributed by atoms with E-state index in [0.29, 0.717) is 31.7 Å². The maximum Gasteiger partial charge on any atom is 0.317 e. The minimum atomic E-state index is -0.463. The van der Waals surface area contributed by atoms with Crippen molar-refractivity contribution in [2.24, 2.45) is 0 Å². The molecule has 0 spiro atoms. The predicted molar refractivity (Wildman–Crippen MR) is 107 cm³/mol. The molecule has 10 nitrogen and oxygen atoms in total. The molecule has 10 heteroatoms. The zero-order chi connectivity index (χ0) is 21.0. The number of hydrogen-bond acceptors (Lipinski definition) is 6. The first-order valence-electron chi connectivity index (χ1n) is 9.14. The van der Waals surface area contributed by atoms with Gasteiger partial charge in [0.15, 0.2) is 0 Å². The number of nitro benzene ring substituents is 2. The first kappa shape index (κ1) is 20.1. The number of carbonyl (C=O) groups is 1. The third kappa shape index (κ3) is 4.78. The maximum atomic E-state index is 12.6. The zero-order valence-corrected chi connectivity index (χ0v) is 15.9. The Morgan fingerprint density at radius 2 is 1.59 bits per heavy atom.